The Morgan fingerprint density at radius 2 is 1.83 bits per heavy atom. The van der Waals surface area contributed by atoms with E-state index in [1.807, 2.05) is 0 Å². The van der Waals surface area contributed by atoms with Crippen LogP contribution in [0.1, 0.15) is 45.6 Å². The monoisotopic (exact) mass is 249 g/mol. The Balaban J connectivity index is 2.45. The van der Waals surface area contributed by atoms with Crippen molar-refractivity contribution in [2.45, 2.75) is 52.6 Å². The van der Waals surface area contributed by atoms with Gasteiger partial charge in [0, 0.05) is 6.54 Å². The lowest BCUT2D eigenvalue weighted by Crippen LogP contribution is -2.30. The van der Waals surface area contributed by atoms with Crippen molar-refractivity contribution >= 4 is 0 Å². The molecule has 1 atom stereocenters. The molecule has 2 nitrogen and oxygen atoms in total. The van der Waals surface area contributed by atoms with Crippen LogP contribution in [0.2, 0.25) is 0 Å². The van der Waals surface area contributed by atoms with Gasteiger partial charge in [-0.1, -0.05) is 39.3 Å². The molecule has 0 heterocycles. The van der Waals surface area contributed by atoms with Crippen LogP contribution in [0.15, 0.2) is 24.3 Å². The van der Waals surface area contributed by atoms with E-state index >= 15 is 0 Å². The van der Waals surface area contributed by atoms with Crippen molar-refractivity contribution < 1.29 is 4.74 Å². The molecular formula is C16H27NO. The van der Waals surface area contributed by atoms with Gasteiger partial charge in [-0.3, -0.25) is 0 Å². The minimum Gasteiger partial charge on any atom is -0.489 e. The number of ether oxygens (including phenoxy) is 1. The SMILES string of the molecule is CCCCc1ccc(OC(CC)CNCC)cc1. The number of aryl methyl sites for hydroxylation is 1. The molecule has 1 aromatic carbocycles. The van der Waals surface area contributed by atoms with E-state index in [0.717, 1.165) is 25.3 Å². The lowest BCUT2D eigenvalue weighted by Gasteiger charge is -2.18. The molecule has 0 bridgehead atoms. The highest BCUT2D eigenvalue weighted by Crippen LogP contribution is 2.16. The molecule has 18 heavy (non-hydrogen) atoms. The van der Waals surface area contributed by atoms with Gasteiger partial charge in [-0.15, -0.1) is 0 Å². The van der Waals surface area contributed by atoms with E-state index < -0.39 is 0 Å². The zero-order valence-electron chi connectivity index (χ0n) is 12.0. The van der Waals surface area contributed by atoms with Gasteiger partial charge >= 0.3 is 0 Å². The lowest BCUT2D eigenvalue weighted by molar-refractivity contribution is 0.194. The highest BCUT2D eigenvalue weighted by atomic mass is 16.5. The zero-order valence-corrected chi connectivity index (χ0v) is 12.0. The molecule has 0 aliphatic heterocycles. The Bertz CT molecular complexity index is 307. The van der Waals surface area contributed by atoms with Crippen molar-refractivity contribution in [1.82, 2.24) is 5.32 Å². The van der Waals surface area contributed by atoms with Gasteiger partial charge in [0.25, 0.3) is 0 Å². The number of hydrogen-bond acceptors (Lipinski definition) is 2. The maximum Gasteiger partial charge on any atom is 0.119 e. The van der Waals surface area contributed by atoms with Crippen molar-refractivity contribution in [3.8, 4) is 5.75 Å². The standard InChI is InChI=1S/C16H27NO/c1-4-7-8-14-9-11-16(12-10-14)18-15(5-2)13-17-6-3/h9-12,15,17H,4-8,13H2,1-3H3. The quantitative estimate of drug-likeness (QED) is 0.719. The molecule has 0 fully saturated rings. The fourth-order valence-corrected chi connectivity index (χ4v) is 1.88. The second kappa shape index (κ2) is 8.98. The first kappa shape index (κ1) is 15.0. The molecule has 102 valence electrons. The largest absolute Gasteiger partial charge is 0.489 e. The summed E-state index contributed by atoms with van der Waals surface area (Å²) in [5.41, 5.74) is 1.41. The van der Waals surface area contributed by atoms with Gasteiger partial charge in [0.15, 0.2) is 0 Å². The van der Waals surface area contributed by atoms with Crippen LogP contribution in [0, 0.1) is 0 Å². The molecule has 1 aromatic rings. The van der Waals surface area contributed by atoms with E-state index in [-0.39, 0.29) is 6.10 Å². The summed E-state index contributed by atoms with van der Waals surface area (Å²) in [6.07, 6.45) is 4.99. The third-order valence-corrected chi connectivity index (χ3v) is 3.12. The van der Waals surface area contributed by atoms with Crippen molar-refractivity contribution in [3.63, 3.8) is 0 Å². The molecule has 0 aliphatic carbocycles. The van der Waals surface area contributed by atoms with Crippen molar-refractivity contribution in [1.29, 1.82) is 0 Å². The summed E-state index contributed by atoms with van der Waals surface area (Å²) in [6, 6.07) is 8.56. The molecule has 0 saturated carbocycles. The predicted octanol–water partition coefficient (Wildman–Crippen LogP) is 3.80. The minimum absolute atomic E-state index is 0.270. The molecule has 0 amide bonds. The van der Waals surface area contributed by atoms with Crippen LogP contribution in [-0.2, 0) is 6.42 Å². The molecule has 0 radical (unpaired) electrons. The third-order valence-electron chi connectivity index (χ3n) is 3.12. The lowest BCUT2D eigenvalue weighted by atomic mass is 10.1. The van der Waals surface area contributed by atoms with Crippen molar-refractivity contribution in [2.75, 3.05) is 13.1 Å². The predicted molar refractivity (Wildman–Crippen MR) is 78.3 cm³/mol. The maximum absolute atomic E-state index is 5.96. The fourth-order valence-electron chi connectivity index (χ4n) is 1.88. The number of likely N-dealkylation sites (N-methyl/N-ethyl adjacent to an activating group) is 1. The van der Waals surface area contributed by atoms with Crippen LogP contribution in [0.25, 0.3) is 0 Å². The van der Waals surface area contributed by atoms with E-state index in [1.165, 1.54) is 24.8 Å². The molecule has 0 spiro atoms. The summed E-state index contributed by atoms with van der Waals surface area (Å²) < 4.78 is 5.96. The highest BCUT2D eigenvalue weighted by molar-refractivity contribution is 5.27. The smallest absolute Gasteiger partial charge is 0.119 e. The number of nitrogens with one attached hydrogen (secondary N) is 1. The number of hydrogen-bond donors (Lipinski definition) is 1. The van der Waals surface area contributed by atoms with Crippen molar-refractivity contribution in [2.24, 2.45) is 0 Å². The Morgan fingerprint density at radius 3 is 2.39 bits per heavy atom. The minimum atomic E-state index is 0.270. The Morgan fingerprint density at radius 1 is 1.11 bits per heavy atom. The average Bonchev–Trinajstić information content (AvgIpc) is 2.42. The van der Waals surface area contributed by atoms with Crippen LogP contribution >= 0.6 is 0 Å². The highest BCUT2D eigenvalue weighted by Gasteiger charge is 2.06. The second-order valence-electron chi connectivity index (χ2n) is 4.70. The van der Waals surface area contributed by atoms with Gasteiger partial charge in [0.2, 0.25) is 0 Å². The van der Waals surface area contributed by atoms with Gasteiger partial charge < -0.3 is 10.1 Å². The van der Waals surface area contributed by atoms with E-state index in [4.69, 9.17) is 4.74 Å². The van der Waals surface area contributed by atoms with E-state index in [2.05, 4.69) is 50.4 Å². The second-order valence-corrected chi connectivity index (χ2v) is 4.70. The first-order valence-electron chi connectivity index (χ1n) is 7.26. The van der Waals surface area contributed by atoms with Crippen LogP contribution in [0.5, 0.6) is 5.75 Å². The molecule has 1 N–H and O–H groups in total. The Labute approximate surface area is 112 Å². The van der Waals surface area contributed by atoms with E-state index in [9.17, 15) is 0 Å². The summed E-state index contributed by atoms with van der Waals surface area (Å²) in [5.74, 6) is 0.986. The molecule has 0 aliphatic rings. The van der Waals surface area contributed by atoms with Crippen LogP contribution in [-0.4, -0.2) is 19.2 Å². The summed E-state index contributed by atoms with van der Waals surface area (Å²) in [6.45, 7) is 8.43. The Hall–Kier alpha value is -1.02. The van der Waals surface area contributed by atoms with Crippen LogP contribution < -0.4 is 10.1 Å². The van der Waals surface area contributed by atoms with Gasteiger partial charge in [-0.05, 0) is 43.5 Å². The molecular weight excluding hydrogens is 222 g/mol. The summed E-state index contributed by atoms with van der Waals surface area (Å²) in [7, 11) is 0. The van der Waals surface area contributed by atoms with Gasteiger partial charge in [-0.2, -0.15) is 0 Å². The molecule has 0 saturated heterocycles. The van der Waals surface area contributed by atoms with Crippen LogP contribution in [0.4, 0.5) is 0 Å². The normalized spacial score (nSPS) is 12.4. The topological polar surface area (TPSA) is 21.3 Å². The van der Waals surface area contributed by atoms with Gasteiger partial charge in [-0.25, -0.2) is 0 Å². The molecule has 0 aromatic heterocycles. The van der Waals surface area contributed by atoms with E-state index in [1.54, 1.807) is 0 Å². The summed E-state index contributed by atoms with van der Waals surface area (Å²) >= 11 is 0. The fraction of sp³-hybridized carbons (Fsp3) is 0.625. The first-order valence-corrected chi connectivity index (χ1v) is 7.26. The number of rotatable bonds is 9. The van der Waals surface area contributed by atoms with Gasteiger partial charge in [0.05, 0.1) is 0 Å². The Kier molecular flexibility index (Phi) is 7.51. The molecule has 2 heteroatoms. The van der Waals surface area contributed by atoms with Crippen molar-refractivity contribution in [3.05, 3.63) is 29.8 Å². The summed E-state index contributed by atoms with van der Waals surface area (Å²) in [4.78, 5) is 0. The van der Waals surface area contributed by atoms with Gasteiger partial charge in [0.1, 0.15) is 11.9 Å². The zero-order chi connectivity index (χ0) is 13.2. The number of unbranched alkanes of at least 4 members (excludes halogenated alkanes) is 1. The maximum atomic E-state index is 5.96. The average molecular weight is 249 g/mol. The van der Waals surface area contributed by atoms with Crippen LogP contribution in [0.3, 0.4) is 0 Å². The van der Waals surface area contributed by atoms with E-state index in [0.29, 0.717) is 0 Å². The number of benzene rings is 1. The molecule has 1 unspecified atom stereocenters. The first-order chi connectivity index (χ1) is 8.80. The third kappa shape index (κ3) is 5.54. The molecule has 1 rings (SSSR count). The summed E-state index contributed by atoms with van der Waals surface area (Å²) in [5, 5.41) is 3.33.